The number of ether oxygens (including phenoxy) is 2. The summed E-state index contributed by atoms with van der Waals surface area (Å²) in [5, 5.41) is 19.1. The number of carbonyl (C=O) groups is 1. The summed E-state index contributed by atoms with van der Waals surface area (Å²) in [6, 6.07) is 7.36. The minimum absolute atomic E-state index is 0.184. The molecule has 0 spiro atoms. The van der Waals surface area contributed by atoms with Gasteiger partial charge in [0.25, 0.3) is 0 Å². The second-order valence-corrected chi connectivity index (χ2v) is 9.28. The van der Waals surface area contributed by atoms with Crippen LogP contribution < -0.4 is 9.64 Å². The Labute approximate surface area is 176 Å². The summed E-state index contributed by atoms with van der Waals surface area (Å²) in [6.45, 7) is 7.75. The van der Waals surface area contributed by atoms with Gasteiger partial charge in [0, 0.05) is 18.5 Å². The van der Waals surface area contributed by atoms with Crippen LogP contribution in [0.5, 0.6) is 5.75 Å². The third-order valence-electron chi connectivity index (χ3n) is 5.97. The van der Waals surface area contributed by atoms with E-state index in [1.54, 1.807) is 24.3 Å². The van der Waals surface area contributed by atoms with Crippen molar-refractivity contribution in [1.82, 2.24) is 10.2 Å². The topological polar surface area (TPSA) is 97.9 Å². The fraction of sp³-hybridized carbons (Fsp3) is 0.591. The molecule has 0 amide bonds. The molecule has 8 heteroatoms. The monoisotopic (exact) mass is 415 g/mol. The number of aromatic nitrogens is 2. The number of methoxy groups -OCH3 is 1. The lowest BCUT2D eigenvalue weighted by Gasteiger charge is -2.35. The Bertz CT molecular complexity index is 889. The molecule has 2 aromatic rings. The van der Waals surface area contributed by atoms with Gasteiger partial charge in [-0.25, -0.2) is 4.79 Å². The average molecular weight is 415 g/mol. The quantitative estimate of drug-likeness (QED) is 0.762. The summed E-state index contributed by atoms with van der Waals surface area (Å²) in [6.07, 6.45) is 0.593. The summed E-state index contributed by atoms with van der Waals surface area (Å²) >= 11 is 0. The first-order chi connectivity index (χ1) is 14.2. The Morgan fingerprint density at radius 3 is 2.40 bits per heavy atom. The molecule has 1 saturated carbocycles. The minimum Gasteiger partial charge on any atom is -0.488 e. The zero-order chi connectivity index (χ0) is 21.5. The molecule has 2 fully saturated rings. The summed E-state index contributed by atoms with van der Waals surface area (Å²) in [7, 11) is 1.35. The largest absolute Gasteiger partial charge is 0.488 e. The van der Waals surface area contributed by atoms with Crippen LogP contribution in [0.1, 0.15) is 49.9 Å². The van der Waals surface area contributed by atoms with E-state index in [9.17, 15) is 9.90 Å². The molecule has 1 aromatic heterocycles. The molecule has 4 rings (SSSR count). The Hall–Kier alpha value is -2.61. The number of anilines is 1. The van der Waals surface area contributed by atoms with Crippen LogP contribution in [0.3, 0.4) is 0 Å². The number of esters is 1. The van der Waals surface area contributed by atoms with Gasteiger partial charge in [-0.15, -0.1) is 5.10 Å². The van der Waals surface area contributed by atoms with Crippen molar-refractivity contribution in [1.29, 1.82) is 0 Å². The predicted octanol–water partition coefficient (Wildman–Crippen LogP) is 2.81. The van der Waals surface area contributed by atoms with Gasteiger partial charge in [-0.05, 0) is 48.9 Å². The summed E-state index contributed by atoms with van der Waals surface area (Å²) in [5.41, 5.74) is 0.283. The highest BCUT2D eigenvalue weighted by Gasteiger charge is 2.44. The Balaban J connectivity index is 1.40. The number of aliphatic hydroxyl groups excluding tert-OH is 1. The van der Waals surface area contributed by atoms with E-state index < -0.39 is 6.10 Å². The van der Waals surface area contributed by atoms with Crippen molar-refractivity contribution < 1.29 is 23.8 Å². The zero-order valence-electron chi connectivity index (χ0n) is 17.9. The molecular formula is C22H29N3O5. The van der Waals surface area contributed by atoms with Crippen LogP contribution in [-0.2, 0) is 10.2 Å². The van der Waals surface area contributed by atoms with E-state index >= 15 is 0 Å². The fourth-order valence-electron chi connectivity index (χ4n) is 4.28. The molecule has 4 atom stereocenters. The number of hydrogen-bond acceptors (Lipinski definition) is 8. The highest BCUT2D eigenvalue weighted by Crippen LogP contribution is 2.39. The van der Waals surface area contributed by atoms with Gasteiger partial charge in [-0.3, -0.25) is 0 Å². The predicted molar refractivity (Wildman–Crippen MR) is 110 cm³/mol. The molecular weight excluding hydrogens is 386 g/mol. The van der Waals surface area contributed by atoms with Crippen molar-refractivity contribution in [2.24, 2.45) is 11.8 Å². The van der Waals surface area contributed by atoms with Crippen LogP contribution in [0.25, 0.3) is 0 Å². The lowest BCUT2D eigenvalue weighted by Crippen LogP contribution is -2.42. The van der Waals surface area contributed by atoms with Gasteiger partial charge in [-0.2, -0.15) is 0 Å². The normalized spacial score (nSPS) is 26.4. The number of benzene rings is 1. The van der Waals surface area contributed by atoms with E-state index in [0.717, 1.165) is 19.5 Å². The van der Waals surface area contributed by atoms with Crippen LogP contribution in [0.15, 0.2) is 28.7 Å². The molecule has 0 unspecified atom stereocenters. The molecule has 162 valence electrons. The number of hydrogen-bond donors (Lipinski definition) is 1. The van der Waals surface area contributed by atoms with Crippen LogP contribution >= 0.6 is 0 Å². The molecule has 1 aliphatic heterocycles. The SMILES string of the molecule is COC(=O)c1ccc(O[C@@H]2C[C@@H]3CN(c4nnc(C(C)(C)C)o4)C[C@@H]3C[C@H]2O)cc1. The molecule has 0 bridgehead atoms. The van der Waals surface area contributed by atoms with Crippen LogP contribution in [-0.4, -0.2) is 53.7 Å². The Morgan fingerprint density at radius 2 is 1.80 bits per heavy atom. The lowest BCUT2D eigenvalue weighted by atomic mass is 9.78. The van der Waals surface area contributed by atoms with Gasteiger partial charge < -0.3 is 23.9 Å². The van der Waals surface area contributed by atoms with Gasteiger partial charge in [0.15, 0.2) is 0 Å². The molecule has 2 aliphatic rings. The molecule has 2 heterocycles. The molecule has 1 N–H and O–H groups in total. The first-order valence-corrected chi connectivity index (χ1v) is 10.4. The van der Waals surface area contributed by atoms with E-state index in [4.69, 9.17) is 13.9 Å². The maximum absolute atomic E-state index is 11.6. The maximum Gasteiger partial charge on any atom is 0.337 e. The van der Waals surface area contributed by atoms with Crippen molar-refractivity contribution in [2.45, 2.75) is 51.2 Å². The minimum atomic E-state index is -0.542. The van der Waals surface area contributed by atoms with Crippen LogP contribution in [0.4, 0.5) is 6.01 Å². The third-order valence-corrected chi connectivity index (χ3v) is 5.97. The van der Waals surface area contributed by atoms with Crippen LogP contribution in [0, 0.1) is 11.8 Å². The van der Waals surface area contributed by atoms with Gasteiger partial charge in [0.1, 0.15) is 11.9 Å². The van der Waals surface area contributed by atoms with Crippen molar-refractivity contribution in [3.8, 4) is 5.75 Å². The Morgan fingerprint density at radius 1 is 1.13 bits per heavy atom. The van der Waals surface area contributed by atoms with E-state index in [2.05, 4.69) is 15.1 Å². The van der Waals surface area contributed by atoms with Gasteiger partial charge in [-0.1, -0.05) is 25.9 Å². The first kappa shape index (κ1) is 20.7. The molecule has 0 radical (unpaired) electrons. The van der Waals surface area contributed by atoms with Crippen molar-refractivity contribution in [3.05, 3.63) is 35.7 Å². The maximum atomic E-state index is 11.6. The van der Waals surface area contributed by atoms with Crippen LogP contribution in [0.2, 0.25) is 0 Å². The van der Waals surface area contributed by atoms with Crippen molar-refractivity contribution in [2.75, 3.05) is 25.1 Å². The molecule has 1 saturated heterocycles. The van der Waals surface area contributed by atoms with E-state index in [0.29, 0.717) is 41.5 Å². The molecule has 1 aromatic carbocycles. The molecule has 30 heavy (non-hydrogen) atoms. The van der Waals surface area contributed by atoms with E-state index in [-0.39, 0.29) is 17.5 Å². The summed E-state index contributed by atoms with van der Waals surface area (Å²) < 4.78 is 16.7. The highest BCUT2D eigenvalue weighted by atomic mass is 16.5. The fourth-order valence-corrected chi connectivity index (χ4v) is 4.28. The van der Waals surface area contributed by atoms with E-state index in [1.165, 1.54) is 7.11 Å². The number of carbonyl (C=O) groups excluding carboxylic acids is 1. The number of aliphatic hydroxyl groups is 1. The standard InChI is InChI=1S/C22H29N3O5/c1-22(2,3)20-23-24-21(30-20)25-11-14-9-17(26)18(10-15(14)12-25)29-16-7-5-13(6-8-16)19(27)28-4/h5-8,14-15,17-18,26H,9-12H2,1-4H3/t14-,15+,17+,18+/m0/s1. The Kier molecular flexibility index (Phi) is 5.44. The number of fused-ring (bicyclic) bond motifs is 1. The second-order valence-electron chi connectivity index (χ2n) is 9.28. The van der Waals surface area contributed by atoms with Crippen molar-refractivity contribution in [3.63, 3.8) is 0 Å². The number of nitrogens with zero attached hydrogens (tertiary/aromatic N) is 3. The zero-order valence-corrected chi connectivity index (χ0v) is 17.9. The smallest absolute Gasteiger partial charge is 0.337 e. The molecule has 1 aliphatic carbocycles. The summed E-state index contributed by atoms with van der Waals surface area (Å²) in [5.74, 6) is 1.63. The van der Waals surface area contributed by atoms with Gasteiger partial charge in [0.05, 0.1) is 18.8 Å². The number of rotatable bonds is 4. The third kappa shape index (κ3) is 4.14. The highest BCUT2D eigenvalue weighted by molar-refractivity contribution is 5.89. The lowest BCUT2D eigenvalue weighted by molar-refractivity contribution is -0.0231. The van der Waals surface area contributed by atoms with E-state index in [1.807, 2.05) is 20.8 Å². The molecule has 8 nitrogen and oxygen atoms in total. The summed E-state index contributed by atoms with van der Waals surface area (Å²) in [4.78, 5) is 13.7. The van der Waals surface area contributed by atoms with Gasteiger partial charge in [0.2, 0.25) is 5.89 Å². The first-order valence-electron chi connectivity index (χ1n) is 10.4. The van der Waals surface area contributed by atoms with Gasteiger partial charge >= 0.3 is 12.0 Å². The van der Waals surface area contributed by atoms with Crippen molar-refractivity contribution >= 4 is 12.0 Å². The average Bonchev–Trinajstić information content (AvgIpc) is 3.35. The second kappa shape index (κ2) is 7.91.